The molecule has 0 fully saturated rings. The number of nitro benzene ring substituents is 1. The van der Waals surface area contributed by atoms with E-state index in [1.807, 2.05) is 42.5 Å². The standard InChI is InChI=1S/C22H15ClN2O5/c23-16-6-9-19(20(12-16)25(27)28)24-22(26)21-10-8-18(30-21)13-29-17-7-5-14-3-1-2-4-15(14)11-17/h1-12H,13H2,(H,24,26). The number of furan rings is 1. The van der Waals surface area contributed by atoms with Gasteiger partial charge in [-0.25, -0.2) is 0 Å². The van der Waals surface area contributed by atoms with Gasteiger partial charge in [0.2, 0.25) is 0 Å². The molecular weight excluding hydrogens is 408 g/mol. The second-order valence-electron chi connectivity index (χ2n) is 6.44. The molecule has 4 aromatic rings. The van der Waals surface area contributed by atoms with Gasteiger partial charge in [-0.15, -0.1) is 0 Å². The summed E-state index contributed by atoms with van der Waals surface area (Å²) < 4.78 is 11.3. The molecule has 0 saturated heterocycles. The first-order valence-corrected chi connectivity index (χ1v) is 9.33. The van der Waals surface area contributed by atoms with E-state index in [2.05, 4.69) is 5.32 Å². The highest BCUT2D eigenvalue weighted by atomic mass is 35.5. The topological polar surface area (TPSA) is 94.6 Å². The first-order valence-electron chi connectivity index (χ1n) is 8.95. The maximum absolute atomic E-state index is 12.4. The number of amides is 1. The zero-order chi connectivity index (χ0) is 21.1. The maximum Gasteiger partial charge on any atom is 0.294 e. The zero-order valence-corrected chi connectivity index (χ0v) is 16.3. The summed E-state index contributed by atoms with van der Waals surface area (Å²) in [6.07, 6.45) is 0. The average Bonchev–Trinajstić information content (AvgIpc) is 3.22. The van der Waals surface area contributed by atoms with Crippen LogP contribution in [0.2, 0.25) is 5.02 Å². The predicted octanol–water partition coefficient (Wildman–Crippen LogP) is 5.83. The third-order valence-corrected chi connectivity index (χ3v) is 4.63. The van der Waals surface area contributed by atoms with E-state index in [1.165, 1.54) is 24.3 Å². The Morgan fingerprint density at radius 1 is 1.03 bits per heavy atom. The Kier molecular flexibility index (Phi) is 5.36. The Hall–Kier alpha value is -3.84. The molecule has 0 spiro atoms. The summed E-state index contributed by atoms with van der Waals surface area (Å²) in [5.41, 5.74) is -0.276. The van der Waals surface area contributed by atoms with Crippen LogP contribution in [0, 0.1) is 10.1 Å². The molecule has 0 atom stereocenters. The Morgan fingerprint density at radius 2 is 1.83 bits per heavy atom. The van der Waals surface area contributed by atoms with E-state index >= 15 is 0 Å². The molecule has 0 aliphatic carbocycles. The van der Waals surface area contributed by atoms with E-state index in [1.54, 1.807) is 6.07 Å². The summed E-state index contributed by atoms with van der Waals surface area (Å²) in [7, 11) is 0. The Balaban J connectivity index is 1.43. The molecule has 0 aliphatic rings. The maximum atomic E-state index is 12.4. The summed E-state index contributed by atoms with van der Waals surface area (Å²) in [5, 5.41) is 16.0. The highest BCUT2D eigenvalue weighted by Crippen LogP contribution is 2.28. The first kappa shape index (κ1) is 19.5. The number of nitro groups is 1. The van der Waals surface area contributed by atoms with Gasteiger partial charge in [0.05, 0.1) is 4.92 Å². The van der Waals surface area contributed by atoms with Gasteiger partial charge in [-0.05, 0) is 47.2 Å². The summed E-state index contributed by atoms with van der Waals surface area (Å²) in [5.74, 6) is 0.514. The fraction of sp³-hybridized carbons (Fsp3) is 0.0455. The van der Waals surface area contributed by atoms with Gasteiger partial charge < -0.3 is 14.5 Å². The molecule has 0 aliphatic heterocycles. The number of benzene rings is 3. The average molecular weight is 423 g/mol. The van der Waals surface area contributed by atoms with Crippen LogP contribution in [0.5, 0.6) is 5.75 Å². The molecular formula is C22H15ClN2O5. The number of carbonyl (C=O) groups is 1. The molecule has 0 saturated carbocycles. The van der Waals surface area contributed by atoms with Crippen molar-refractivity contribution in [3.05, 3.63) is 99.5 Å². The van der Waals surface area contributed by atoms with Crippen molar-refractivity contribution >= 4 is 39.7 Å². The Bertz CT molecular complexity index is 1250. The van der Waals surface area contributed by atoms with Crippen LogP contribution in [-0.4, -0.2) is 10.8 Å². The molecule has 0 radical (unpaired) electrons. The quantitative estimate of drug-likeness (QED) is 0.312. The van der Waals surface area contributed by atoms with Crippen molar-refractivity contribution in [1.29, 1.82) is 0 Å². The highest BCUT2D eigenvalue weighted by Gasteiger charge is 2.19. The van der Waals surface area contributed by atoms with Crippen LogP contribution in [0.3, 0.4) is 0 Å². The smallest absolute Gasteiger partial charge is 0.294 e. The molecule has 1 heterocycles. The summed E-state index contributed by atoms with van der Waals surface area (Å²) in [4.78, 5) is 22.9. The van der Waals surface area contributed by atoms with E-state index in [9.17, 15) is 14.9 Å². The van der Waals surface area contributed by atoms with Gasteiger partial charge in [-0.3, -0.25) is 14.9 Å². The van der Waals surface area contributed by atoms with Crippen molar-refractivity contribution in [3.63, 3.8) is 0 Å². The van der Waals surface area contributed by atoms with Gasteiger partial charge in [-0.1, -0.05) is 41.9 Å². The Morgan fingerprint density at radius 3 is 2.63 bits per heavy atom. The number of hydrogen-bond acceptors (Lipinski definition) is 5. The summed E-state index contributed by atoms with van der Waals surface area (Å²) >= 11 is 5.79. The van der Waals surface area contributed by atoms with Crippen LogP contribution in [0.4, 0.5) is 11.4 Å². The third kappa shape index (κ3) is 4.26. The Labute approximate surface area is 176 Å². The SMILES string of the molecule is O=C(Nc1ccc(Cl)cc1[N+](=O)[O-])c1ccc(COc2ccc3ccccc3c2)o1. The van der Waals surface area contributed by atoms with Crippen molar-refractivity contribution in [3.8, 4) is 5.75 Å². The van der Waals surface area contributed by atoms with Crippen LogP contribution >= 0.6 is 11.6 Å². The van der Waals surface area contributed by atoms with Crippen LogP contribution in [-0.2, 0) is 6.61 Å². The second kappa shape index (κ2) is 8.26. The molecule has 150 valence electrons. The van der Waals surface area contributed by atoms with Crippen LogP contribution < -0.4 is 10.1 Å². The third-order valence-electron chi connectivity index (χ3n) is 4.39. The van der Waals surface area contributed by atoms with Gasteiger partial charge in [0.25, 0.3) is 11.6 Å². The summed E-state index contributed by atoms with van der Waals surface area (Å²) in [6, 6.07) is 20.8. The minimum atomic E-state index is -0.619. The van der Waals surface area contributed by atoms with Crippen molar-refractivity contribution in [2.75, 3.05) is 5.32 Å². The highest BCUT2D eigenvalue weighted by molar-refractivity contribution is 6.31. The van der Waals surface area contributed by atoms with Gasteiger partial charge in [0, 0.05) is 11.1 Å². The number of nitrogens with one attached hydrogen (secondary N) is 1. The second-order valence-corrected chi connectivity index (χ2v) is 6.87. The molecule has 0 unspecified atom stereocenters. The van der Waals surface area contributed by atoms with E-state index < -0.39 is 10.8 Å². The lowest BCUT2D eigenvalue weighted by Gasteiger charge is -2.06. The number of anilines is 1. The van der Waals surface area contributed by atoms with Crippen molar-refractivity contribution in [1.82, 2.24) is 0 Å². The minimum Gasteiger partial charge on any atom is -0.486 e. The number of fused-ring (bicyclic) bond motifs is 1. The largest absolute Gasteiger partial charge is 0.486 e. The van der Waals surface area contributed by atoms with Crippen molar-refractivity contribution < 1.29 is 18.9 Å². The number of ether oxygens (including phenoxy) is 1. The van der Waals surface area contributed by atoms with Gasteiger partial charge in [-0.2, -0.15) is 0 Å². The molecule has 7 nitrogen and oxygen atoms in total. The van der Waals surface area contributed by atoms with Gasteiger partial charge in [0.15, 0.2) is 5.76 Å². The van der Waals surface area contributed by atoms with E-state index in [4.69, 9.17) is 20.8 Å². The number of rotatable bonds is 6. The lowest BCUT2D eigenvalue weighted by Crippen LogP contribution is -2.12. The van der Waals surface area contributed by atoms with E-state index in [0.29, 0.717) is 11.5 Å². The molecule has 30 heavy (non-hydrogen) atoms. The summed E-state index contributed by atoms with van der Waals surface area (Å²) in [6.45, 7) is 0.132. The van der Waals surface area contributed by atoms with Crippen molar-refractivity contribution in [2.45, 2.75) is 6.61 Å². The minimum absolute atomic E-state index is 0.0105. The first-order chi connectivity index (χ1) is 14.5. The number of hydrogen-bond donors (Lipinski definition) is 1. The van der Waals surface area contributed by atoms with E-state index in [0.717, 1.165) is 10.8 Å². The zero-order valence-electron chi connectivity index (χ0n) is 15.5. The van der Waals surface area contributed by atoms with E-state index in [-0.39, 0.29) is 28.8 Å². The fourth-order valence-corrected chi connectivity index (χ4v) is 3.10. The molecule has 0 bridgehead atoms. The lowest BCUT2D eigenvalue weighted by atomic mass is 10.1. The molecule has 1 N–H and O–H groups in total. The normalized spacial score (nSPS) is 10.7. The van der Waals surface area contributed by atoms with Gasteiger partial charge in [0.1, 0.15) is 23.8 Å². The molecule has 4 rings (SSSR count). The van der Waals surface area contributed by atoms with Crippen LogP contribution in [0.25, 0.3) is 10.8 Å². The molecule has 8 heteroatoms. The van der Waals surface area contributed by atoms with Crippen LogP contribution in [0.15, 0.2) is 77.2 Å². The number of nitrogens with zero attached hydrogens (tertiary/aromatic N) is 1. The van der Waals surface area contributed by atoms with Gasteiger partial charge >= 0.3 is 0 Å². The van der Waals surface area contributed by atoms with Crippen LogP contribution in [0.1, 0.15) is 16.3 Å². The fourth-order valence-electron chi connectivity index (χ4n) is 2.93. The molecule has 1 amide bonds. The molecule has 3 aromatic carbocycles. The lowest BCUT2D eigenvalue weighted by molar-refractivity contribution is -0.383. The monoisotopic (exact) mass is 422 g/mol. The predicted molar refractivity (Wildman–Crippen MR) is 113 cm³/mol. The van der Waals surface area contributed by atoms with Crippen molar-refractivity contribution in [2.24, 2.45) is 0 Å². The number of halogens is 1. The number of carbonyl (C=O) groups excluding carboxylic acids is 1. The molecule has 1 aromatic heterocycles.